The van der Waals surface area contributed by atoms with Crippen LogP contribution in [-0.4, -0.2) is 22.2 Å². The van der Waals surface area contributed by atoms with E-state index in [0.29, 0.717) is 0 Å². The largest absolute Gasteiger partial charge is 1.00 e. The van der Waals surface area contributed by atoms with Gasteiger partial charge in [0.1, 0.15) is 0 Å². The predicted octanol–water partition coefficient (Wildman–Crippen LogP) is -2.84. The van der Waals surface area contributed by atoms with Crippen LogP contribution in [0.25, 0.3) is 0 Å². The first-order valence-electron chi connectivity index (χ1n) is 2.58. The average molecular weight is 166 g/mol. The Bertz CT molecular complexity index is 152. The standard InChI is InChI=1S/C6H7O4.Na/c1-2-3-4(5(7)8)6(9)10;/h1-2,4H,3H2,(H,7,8)(H,9,10);/q-1;+1. The van der Waals surface area contributed by atoms with Gasteiger partial charge in [-0.25, -0.2) is 0 Å². The van der Waals surface area contributed by atoms with Gasteiger partial charge in [-0.2, -0.15) is 0 Å². The molecule has 0 unspecified atom stereocenters. The third-order valence-electron chi connectivity index (χ3n) is 0.968. The quantitative estimate of drug-likeness (QED) is 0.268. The SMILES string of the molecule is [CH-]=CCC(C(=O)O)C(=O)O.[Na+]. The fraction of sp³-hybridized carbons (Fsp3) is 0.333. The van der Waals surface area contributed by atoms with Gasteiger partial charge < -0.3 is 16.8 Å². The van der Waals surface area contributed by atoms with Crippen LogP contribution in [0.4, 0.5) is 0 Å². The van der Waals surface area contributed by atoms with Gasteiger partial charge in [0.25, 0.3) is 0 Å². The third-order valence-corrected chi connectivity index (χ3v) is 0.968. The summed E-state index contributed by atoms with van der Waals surface area (Å²) >= 11 is 0. The van der Waals surface area contributed by atoms with Crippen molar-refractivity contribution in [2.75, 3.05) is 0 Å². The number of carbonyl (C=O) groups is 2. The summed E-state index contributed by atoms with van der Waals surface area (Å²) in [6, 6.07) is 0. The van der Waals surface area contributed by atoms with E-state index >= 15 is 0 Å². The Labute approximate surface area is 86.2 Å². The van der Waals surface area contributed by atoms with Crippen molar-refractivity contribution in [2.24, 2.45) is 5.92 Å². The number of aliphatic carboxylic acids is 2. The Balaban J connectivity index is 0. The Kier molecular flexibility index (Phi) is 7.72. The van der Waals surface area contributed by atoms with Crippen LogP contribution in [0.2, 0.25) is 0 Å². The van der Waals surface area contributed by atoms with Crippen molar-refractivity contribution in [2.45, 2.75) is 6.42 Å². The van der Waals surface area contributed by atoms with Crippen molar-refractivity contribution in [1.29, 1.82) is 0 Å². The minimum absolute atomic E-state index is 0. The molecule has 0 amide bonds. The monoisotopic (exact) mass is 166 g/mol. The molecule has 0 aromatic carbocycles. The first-order chi connectivity index (χ1) is 4.59. The van der Waals surface area contributed by atoms with Crippen LogP contribution in [0.1, 0.15) is 6.42 Å². The first-order valence-corrected chi connectivity index (χ1v) is 2.58. The van der Waals surface area contributed by atoms with Gasteiger partial charge in [0.15, 0.2) is 5.92 Å². The minimum Gasteiger partial charge on any atom is -0.518 e. The van der Waals surface area contributed by atoms with Crippen LogP contribution >= 0.6 is 0 Å². The zero-order chi connectivity index (χ0) is 8.15. The molecule has 0 heterocycles. The number of rotatable bonds is 4. The molecular weight excluding hydrogens is 159 g/mol. The van der Waals surface area contributed by atoms with Gasteiger partial charge in [-0.15, -0.1) is 0 Å². The fourth-order valence-electron chi connectivity index (χ4n) is 0.443. The fourth-order valence-corrected chi connectivity index (χ4v) is 0.443. The Hall–Kier alpha value is -0.320. The summed E-state index contributed by atoms with van der Waals surface area (Å²) in [6.07, 6.45) is 0.873. The first kappa shape index (κ1) is 13.3. The molecule has 0 rings (SSSR count). The van der Waals surface area contributed by atoms with E-state index in [9.17, 15) is 9.59 Å². The van der Waals surface area contributed by atoms with Gasteiger partial charge in [-0.05, 0) is 6.42 Å². The zero-order valence-corrected chi connectivity index (χ0v) is 8.15. The van der Waals surface area contributed by atoms with Gasteiger partial charge in [-0.1, -0.05) is 0 Å². The third kappa shape index (κ3) is 5.01. The minimum atomic E-state index is -1.41. The number of carboxylic acid groups (broad SMARTS) is 2. The Morgan fingerprint density at radius 1 is 1.36 bits per heavy atom. The molecule has 0 aliphatic heterocycles. The molecule has 0 aromatic heterocycles. The number of allylic oxidation sites excluding steroid dienone is 1. The van der Waals surface area contributed by atoms with Crippen molar-refractivity contribution < 1.29 is 49.4 Å². The van der Waals surface area contributed by atoms with Crippen molar-refractivity contribution in [3.8, 4) is 0 Å². The summed E-state index contributed by atoms with van der Waals surface area (Å²) < 4.78 is 0. The van der Waals surface area contributed by atoms with E-state index in [4.69, 9.17) is 16.8 Å². The van der Waals surface area contributed by atoms with Crippen LogP contribution < -0.4 is 29.6 Å². The molecule has 0 fully saturated rings. The predicted molar refractivity (Wildman–Crippen MR) is 32.2 cm³/mol. The molecule has 5 heteroatoms. The summed E-state index contributed by atoms with van der Waals surface area (Å²) in [6.45, 7) is 4.85. The normalized spacial score (nSPS) is 8.45. The maximum atomic E-state index is 10.1. The molecule has 0 aromatic rings. The molecule has 4 nitrogen and oxygen atoms in total. The van der Waals surface area contributed by atoms with Gasteiger partial charge in [-0.3, -0.25) is 15.7 Å². The summed E-state index contributed by atoms with van der Waals surface area (Å²) in [5.41, 5.74) is 0. The van der Waals surface area contributed by atoms with E-state index in [-0.39, 0.29) is 36.0 Å². The van der Waals surface area contributed by atoms with Crippen LogP contribution in [0.15, 0.2) is 6.08 Å². The van der Waals surface area contributed by atoms with E-state index in [1.165, 1.54) is 0 Å². The van der Waals surface area contributed by atoms with Crippen molar-refractivity contribution in [1.82, 2.24) is 0 Å². The molecule has 0 atom stereocenters. The molecule has 11 heavy (non-hydrogen) atoms. The molecule has 0 saturated heterocycles. The van der Waals surface area contributed by atoms with Crippen molar-refractivity contribution in [3.05, 3.63) is 12.7 Å². The molecule has 0 bridgehead atoms. The Morgan fingerprint density at radius 3 is 1.82 bits per heavy atom. The topological polar surface area (TPSA) is 74.6 Å². The average Bonchev–Trinajstić information content (AvgIpc) is 1.81. The summed E-state index contributed by atoms with van der Waals surface area (Å²) in [5, 5.41) is 16.4. The molecule has 0 saturated carbocycles. The summed E-state index contributed by atoms with van der Waals surface area (Å²) in [5.74, 6) is -4.14. The van der Waals surface area contributed by atoms with Crippen LogP contribution in [-0.2, 0) is 9.59 Å². The molecule has 56 valence electrons. The Morgan fingerprint density at radius 2 is 1.73 bits per heavy atom. The second-order valence-electron chi connectivity index (χ2n) is 1.70. The van der Waals surface area contributed by atoms with Gasteiger partial charge in [0, 0.05) is 0 Å². The van der Waals surface area contributed by atoms with Crippen LogP contribution in [0, 0.1) is 12.5 Å². The maximum absolute atomic E-state index is 10.1. The molecule has 2 N–H and O–H groups in total. The van der Waals surface area contributed by atoms with Crippen LogP contribution in [0.5, 0.6) is 0 Å². The zero-order valence-electron chi connectivity index (χ0n) is 6.15. The van der Waals surface area contributed by atoms with Gasteiger partial charge in [0.2, 0.25) is 0 Å². The second kappa shape index (κ2) is 6.39. The molecule has 0 aliphatic carbocycles. The smallest absolute Gasteiger partial charge is 0.518 e. The van der Waals surface area contributed by atoms with E-state index in [0.717, 1.165) is 6.08 Å². The molecular formula is C6H7NaO4. The molecule has 0 spiro atoms. The van der Waals surface area contributed by atoms with E-state index in [1.807, 2.05) is 0 Å². The van der Waals surface area contributed by atoms with E-state index < -0.39 is 17.9 Å². The number of hydrogen-bond acceptors (Lipinski definition) is 2. The van der Waals surface area contributed by atoms with E-state index in [2.05, 4.69) is 0 Å². The molecule has 0 radical (unpaired) electrons. The van der Waals surface area contributed by atoms with Crippen molar-refractivity contribution >= 4 is 11.9 Å². The number of carboxylic acids is 2. The van der Waals surface area contributed by atoms with Crippen molar-refractivity contribution in [3.63, 3.8) is 0 Å². The second-order valence-corrected chi connectivity index (χ2v) is 1.70. The van der Waals surface area contributed by atoms with Gasteiger partial charge >= 0.3 is 41.5 Å². The van der Waals surface area contributed by atoms with Gasteiger partial charge in [0.05, 0.1) is 0 Å². The number of hydrogen-bond donors (Lipinski definition) is 2. The molecule has 0 aliphatic rings. The van der Waals surface area contributed by atoms with Crippen LogP contribution in [0.3, 0.4) is 0 Å². The van der Waals surface area contributed by atoms with E-state index in [1.54, 1.807) is 0 Å². The summed E-state index contributed by atoms with van der Waals surface area (Å²) in [7, 11) is 0. The summed E-state index contributed by atoms with van der Waals surface area (Å²) in [4.78, 5) is 20.1. The maximum Gasteiger partial charge on any atom is 1.00 e.